The highest BCUT2D eigenvalue weighted by Crippen LogP contribution is 2.34. The minimum Gasteiger partial charge on any atom is -0.494 e. The SMILES string of the molecule is CCOc1ccccc1[C@@H](CC(C)C)N1CCNCC1.Cl.Cl. The van der Waals surface area contributed by atoms with Gasteiger partial charge in [-0.3, -0.25) is 4.90 Å². The number of nitrogens with one attached hydrogen (secondary N) is 1. The molecule has 1 aromatic carbocycles. The van der Waals surface area contributed by atoms with Crippen molar-refractivity contribution in [3.63, 3.8) is 0 Å². The summed E-state index contributed by atoms with van der Waals surface area (Å²) >= 11 is 0. The molecule has 1 aromatic rings. The predicted octanol–water partition coefficient (Wildman–Crippen LogP) is 3.92. The molecule has 0 aliphatic carbocycles. The van der Waals surface area contributed by atoms with E-state index >= 15 is 0 Å². The molecule has 0 unspecified atom stereocenters. The van der Waals surface area contributed by atoms with E-state index in [1.807, 2.05) is 0 Å². The number of hydrogen-bond acceptors (Lipinski definition) is 3. The van der Waals surface area contributed by atoms with E-state index < -0.39 is 0 Å². The Morgan fingerprint density at radius 3 is 2.36 bits per heavy atom. The third-order valence-electron chi connectivity index (χ3n) is 3.86. The minimum atomic E-state index is 0. The van der Waals surface area contributed by atoms with Crippen LogP contribution in [0, 0.1) is 5.92 Å². The maximum absolute atomic E-state index is 5.85. The Balaban J connectivity index is 0.00000220. The van der Waals surface area contributed by atoms with Crippen molar-refractivity contribution in [3.05, 3.63) is 29.8 Å². The Hall–Kier alpha value is -0.480. The number of rotatable bonds is 6. The van der Waals surface area contributed by atoms with Crippen LogP contribution in [0.3, 0.4) is 0 Å². The summed E-state index contributed by atoms with van der Waals surface area (Å²) in [6.07, 6.45) is 1.18. The van der Waals surface area contributed by atoms with Gasteiger partial charge in [-0.05, 0) is 25.3 Å². The first kappa shape index (κ1) is 21.5. The molecule has 128 valence electrons. The van der Waals surface area contributed by atoms with Crippen LogP contribution in [0.1, 0.15) is 38.8 Å². The molecule has 2 rings (SSSR count). The van der Waals surface area contributed by atoms with Crippen molar-refractivity contribution < 1.29 is 4.74 Å². The van der Waals surface area contributed by atoms with E-state index in [0.29, 0.717) is 12.0 Å². The van der Waals surface area contributed by atoms with Gasteiger partial charge < -0.3 is 10.1 Å². The fraction of sp³-hybridized carbons (Fsp3) is 0.647. The van der Waals surface area contributed by atoms with Crippen LogP contribution in [-0.2, 0) is 0 Å². The van der Waals surface area contributed by atoms with Crippen LogP contribution in [0.4, 0.5) is 0 Å². The monoisotopic (exact) mass is 348 g/mol. The summed E-state index contributed by atoms with van der Waals surface area (Å²) < 4.78 is 5.85. The molecule has 0 radical (unpaired) electrons. The van der Waals surface area contributed by atoms with E-state index in [9.17, 15) is 0 Å². The van der Waals surface area contributed by atoms with Gasteiger partial charge in [-0.15, -0.1) is 24.8 Å². The first-order valence-corrected chi connectivity index (χ1v) is 7.88. The van der Waals surface area contributed by atoms with Gasteiger partial charge in [-0.25, -0.2) is 0 Å². The van der Waals surface area contributed by atoms with Gasteiger partial charge in [0.25, 0.3) is 0 Å². The van der Waals surface area contributed by atoms with Gasteiger partial charge in [0, 0.05) is 37.8 Å². The van der Waals surface area contributed by atoms with E-state index in [-0.39, 0.29) is 24.8 Å². The fourth-order valence-corrected chi connectivity index (χ4v) is 2.96. The number of para-hydroxylation sites is 1. The normalized spacial score (nSPS) is 16.5. The lowest BCUT2D eigenvalue weighted by Crippen LogP contribution is -2.45. The maximum Gasteiger partial charge on any atom is 0.124 e. The minimum absolute atomic E-state index is 0. The summed E-state index contributed by atoms with van der Waals surface area (Å²) in [6.45, 7) is 11.8. The number of nitrogens with zero attached hydrogens (tertiary/aromatic N) is 1. The van der Waals surface area contributed by atoms with E-state index in [1.165, 1.54) is 12.0 Å². The Labute approximate surface area is 147 Å². The van der Waals surface area contributed by atoms with Crippen molar-refractivity contribution in [2.75, 3.05) is 32.8 Å². The van der Waals surface area contributed by atoms with Crippen LogP contribution in [0.2, 0.25) is 0 Å². The fourth-order valence-electron chi connectivity index (χ4n) is 2.96. The summed E-state index contributed by atoms with van der Waals surface area (Å²) in [6, 6.07) is 9.01. The van der Waals surface area contributed by atoms with Crippen LogP contribution in [0.25, 0.3) is 0 Å². The lowest BCUT2D eigenvalue weighted by atomic mass is 9.94. The predicted molar refractivity (Wildman–Crippen MR) is 98.7 cm³/mol. The summed E-state index contributed by atoms with van der Waals surface area (Å²) in [7, 11) is 0. The highest BCUT2D eigenvalue weighted by atomic mass is 35.5. The largest absolute Gasteiger partial charge is 0.494 e. The van der Waals surface area contributed by atoms with Crippen LogP contribution in [0.5, 0.6) is 5.75 Å². The number of ether oxygens (including phenoxy) is 1. The molecule has 5 heteroatoms. The Bertz CT molecular complexity index is 409. The van der Waals surface area contributed by atoms with Gasteiger partial charge >= 0.3 is 0 Å². The second-order valence-electron chi connectivity index (χ2n) is 5.90. The molecular weight excluding hydrogens is 319 g/mol. The third-order valence-corrected chi connectivity index (χ3v) is 3.86. The zero-order valence-electron chi connectivity index (χ0n) is 13.9. The van der Waals surface area contributed by atoms with Gasteiger partial charge in [-0.2, -0.15) is 0 Å². The lowest BCUT2D eigenvalue weighted by molar-refractivity contribution is 0.150. The van der Waals surface area contributed by atoms with Gasteiger partial charge in [0.2, 0.25) is 0 Å². The molecule has 0 amide bonds. The average Bonchev–Trinajstić information content (AvgIpc) is 2.47. The molecule has 1 N–H and O–H groups in total. The molecule has 1 atom stereocenters. The molecule has 3 nitrogen and oxygen atoms in total. The van der Waals surface area contributed by atoms with Gasteiger partial charge in [0.05, 0.1) is 6.61 Å². The summed E-state index contributed by atoms with van der Waals surface area (Å²) in [5.41, 5.74) is 1.35. The maximum atomic E-state index is 5.85. The Kier molecular flexibility index (Phi) is 10.9. The number of hydrogen-bond donors (Lipinski definition) is 1. The molecule has 0 saturated carbocycles. The van der Waals surface area contributed by atoms with Crippen LogP contribution in [-0.4, -0.2) is 37.7 Å². The second kappa shape index (κ2) is 11.1. The molecule has 0 spiro atoms. The topological polar surface area (TPSA) is 24.5 Å². The molecule has 1 aliphatic heterocycles. The van der Waals surface area contributed by atoms with Gasteiger partial charge in [-0.1, -0.05) is 32.0 Å². The highest BCUT2D eigenvalue weighted by molar-refractivity contribution is 5.85. The number of halogens is 2. The average molecular weight is 349 g/mol. The molecule has 0 bridgehead atoms. The number of piperazine rings is 1. The second-order valence-corrected chi connectivity index (χ2v) is 5.90. The zero-order valence-corrected chi connectivity index (χ0v) is 15.5. The third kappa shape index (κ3) is 5.96. The van der Waals surface area contributed by atoms with Gasteiger partial charge in [0.1, 0.15) is 5.75 Å². The molecule has 22 heavy (non-hydrogen) atoms. The summed E-state index contributed by atoms with van der Waals surface area (Å²) in [5.74, 6) is 1.74. The molecule has 1 fully saturated rings. The highest BCUT2D eigenvalue weighted by Gasteiger charge is 2.25. The van der Waals surface area contributed by atoms with Crippen molar-refractivity contribution in [1.29, 1.82) is 0 Å². The van der Waals surface area contributed by atoms with Crippen molar-refractivity contribution in [3.8, 4) is 5.75 Å². The summed E-state index contributed by atoms with van der Waals surface area (Å²) in [5, 5.41) is 3.44. The van der Waals surface area contributed by atoms with Crippen LogP contribution < -0.4 is 10.1 Å². The Morgan fingerprint density at radius 1 is 1.14 bits per heavy atom. The van der Waals surface area contributed by atoms with Crippen LogP contribution in [0.15, 0.2) is 24.3 Å². The Morgan fingerprint density at radius 2 is 1.77 bits per heavy atom. The van der Waals surface area contributed by atoms with Crippen molar-refractivity contribution in [2.24, 2.45) is 5.92 Å². The molecule has 1 saturated heterocycles. The quantitative estimate of drug-likeness (QED) is 0.842. The molecule has 0 aromatic heterocycles. The van der Waals surface area contributed by atoms with Crippen molar-refractivity contribution in [1.82, 2.24) is 10.2 Å². The van der Waals surface area contributed by atoms with E-state index in [4.69, 9.17) is 4.74 Å². The molecular formula is C17H30Cl2N2O. The number of benzene rings is 1. The molecule has 1 heterocycles. The van der Waals surface area contributed by atoms with Crippen molar-refractivity contribution >= 4 is 24.8 Å². The van der Waals surface area contributed by atoms with Gasteiger partial charge in [0.15, 0.2) is 0 Å². The summed E-state index contributed by atoms with van der Waals surface area (Å²) in [4.78, 5) is 2.61. The van der Waals surface area contributed by atoms with E-state index in [0.717, 1.165) is 38.5 Å². The first-order chi connectivity index (χ1) is 9.72. The zero-order chi connectivity index (χ0) is 14.4. The smallest absolute Gasteiger partial charge is 0.124 e. The van der Waals surface area contributed by atoms with E-state index in [1.54, 1.807) is 0 Å². The molecule has 1 aliphatic rings. The first-order valence-electron chi connectivity index (χ1n) is 7.88. The lowest BCUT2D eigenvalue weighted by Gasteiger charge is -2.36. The van der Waals surface area contributed by atoms with Crippen molar-refractivity contribution in [2.45, 2.75) is 33.2 Å². The van der Waals surface area contributed by atoms with E-state index in [2.05, 4.69) is 55.3 Å². The van der Waals surface area contributed by atoms with Crippen LogP contribution >= 0.6 is 24.8 Å². The standard InChI is InChI=1S/C17H28N2O.2ClH/c1-4-20-17-8-6-5-7-15(17)16(13-14(2)3)19-11-9-18-10-12-19;;/h5-8,14,16,18H,4,9-13H2,1-3H3;2*1H/t16-;;/m1../s1.